The summed E-state index contributed by atoms with van der Waals surface area (Å²) in [6.07, 6.45) is 3.65. The van der Waals surface area contributed by atoms with Gasteiger partial charge in [0.25, 0.3) is 0 Å². The zero-order chi connectivity index (χ0) is 67.4. The maximum atomic E-state index is 15.2. The molecular weight excluding hydrogens is 1110 g/mol. The van der Waals surface area contributed by atoms with Gasteiger partial charge in [-0.2, -0.15) is 0 Å². The van der Waals surface area contributed by atoms with Crippen LogP contribution in [-0.2, 0) is 52.7 Å². The second-order valence-corrected chi connectivity index (χ2v) is 26.7. The predicted octanol–water partition coefficient (Wildman–Crippen LogP) is 4.05. The van der Waals surface area contributed by atoms with E-state index in [0.717, 1.165) is 9.80 Å². The van der Waals surface area contributed by atoms with Crippen LogP contribution in [0.5, 0.6) is 0 Å². The molecule has 0 radical (unpaired) electrons. The summed E-state index contributed by atoms with van der Waals surface area (Å²) in [6, 6.07) is -12.3. The number of allylic oxidation sites excluding steroid dienone is 2. The quantitative estimate of drug-likeness (QED) is 0.129. The first-order valence-corrected chi connectivity index (χ1v) is 31.6. The van der Waals surface area contributed by atoms with Crippen LogP contribution in [0.25, 0.3) is 0 Å². The molecule has 498 valence electrons. The Morgan fingerprint density at radius 1 is 0.471 bits per heavy atom. The Labute approximate surface area is 521 Å². The van der Waals surface area contributed by atoms with E-state index in [0.29, 0.717) is 12.8 Å². The zero-order valence-corrected chi connectivity index (χ0v) is 57.5. The van der Waals surface area contributed by atoms with Crippen LogP contribution < -0.4 is 21.3 Å². The van der Waals surface area contributed by atoms with Crippen molar-refractivity contribution in [2.75, 3.05) is 55.9 Å². The van der Waals surface area contributed by atoms with Crippen molar-refractivity contribution in [2.24, 2.45) is 41.4 Å². The molecule has 0 aromatic heterocycles. The molecule has 1 rings (SSSR count). The van der Waals surface area contributed by atoms with Gasteiger partial charge >= 0.3 is 0 Å². The maximum absolute atomic E-state index is 15.2. The molecule has 0 saturated carbocycles. The first kappa shape index (κ1) is 78.9. The van der Waals surface area contributed by atoms with Gasteiger partial charge in [-0.15, -0.1) is 0 Å². The summed E-state index contributed by atoms with van der Waals surface area (Å²) in [5.74, 6) is -9.59. The number of carbonyl (C=O) groups is 11. The number of nitrogens with one attached hydrogen (secondary N) is 4. The minimum Gasteiger partial charge on any atom is -0.390 e. The molecule has 0 unspecified atom stereocenters. The van der Waals surface area contributed by atoms with Crippen molar-refractivity contribution in [1.82, 2.24) is 55.6 Å². The van der Waals surface area contributed by atoms with Crippen LogP contribution in [0, 0.1) is 41.4 Å². The lowest BCUT2D eigenvalue weighted by atomic mass is 9.91. The summed E-state index contributed by atoms with van der Waals surface area (Å²) in [6.45, 7) is 29.8. The number of rotatable bonds is 17. The number of amides is 11. The van der Waals surface area contributed by atoms with Crippen LogP contribution in [0.1, 0.15) is 169 Å². The van der Waals surface area contributed by atoms with E-state index in [2.05, 4.69) is 21.3 Å². The SMILES string of the molecule is C/C=C/C[C@@H](C)[C@@H](O)[C@H]1C(=O)N[C@@H](CC)C(=O)N(C)CC(=O)N(C)[C@@H](CCC)C(=O)N[C@@H](C(C)C)C(=O)N(C)[C@@H](CC(C)C)C(=O)N[C@@H](CC(C)C)C(=O)N[C@H](C)C(=O)N(C)[C@@H](CC(C)C)C(=O)N(C)[C@@H](CC(C)C)C(=O)N(C)[C@@H](C(C)C)C(=O)N1C. The molecule has 0 bridgehead atoms. The van der Waals surface area contributed by atoms with Crippen molar-refractivity contribution in [3.05, 3.63) is 12.2 Å². The third kappa shape index (κ3) is 22.5. The van der Waals surface area contributed by atoms with Crippen molar-refractivity contribution >= 4 is 65.0 Å². The van der Waals surface area contributed by atoms with Crippen LogP contribution in [0.3, 0.4) is 0 Å². The summed E-state index contributed by atoms with van der Waals surface area (Å²) in [5, 5.41) is 23.3. The smallest absolute Gasteiger partial charge is 0.246 e. The van der Waals surface area contributed by atoms with Gasteiger partial charge < -0.3 is 60.7 Å². The molecule has 1 fully saturated rings. The average Bonchev–Trinajstić information content (AvgIpc) is 1.34. The number of nitrogens with zero attached hydrogens (tertiary/aromatic N) is 7. The topological polar surface area (TPSA) is 279 Å². The Morgan fingerprint density at radius 2 is 0.920 bits per heavy atom. The van der Waals surface area contributed by atoms with E-state index in [1.165, 1.54) is 80.8 Å². The number of aliphatic hydroxyl groups excluding tert-OH is 1. The Bertz CT molecular complexity index is 2360. The fourth-order valence-corrected chi connectivity index (χ4v) is 11.1. The lowest BCUT2D eigenvalue weighted by molar-refractivity contribution is -0.157. The standard InChI is InChI=1S/C64H115N11O12/c1-25-28-30-42(16)54(77)53-58(81)66-44(27-3)60(83)69(18)35-50(76)70(19)46(29-26-2)56(79)68-51(40(12)13)63(86)71(20)47(32-37(6)7)57(80)67-45(31-36(4)5)55(78)65-43(17)59(82)72(21)48(33-38(8)9)61(84)73(22)49(34-39(10)11)62(85)74(23)52(41(14)15)64(87)75(53)24/h25,28,36-49,51-54,77H,26-27,29-35H2,1-24H3,(H,65,78)(H,66,81)(H,67,80)(H,68,79)/b28-25+/t42-,43-,44+,45+,46+,47+,48+,49+,51+,52+,53+,54-/m1/s1. The van der Waals surface area contributed by atoms with Gasteiger partial charge in [0.1, 0.15) is 60.4 Å². The van der Waals surface area contributed by atoms with Crippen LogP contribution in [0.4, 0.5) is 0 Å². The first-order chi connectivity index (χ1) is 40.2. The molecule has 23 heteroatoms. The average molecular weight is 1230 g/mol. The molecular formula is C64H115N11O12. The van der Waals surface area contributed by atoms with E-state index >= 15 is 14.4 Å². The normalized spacial score (nSPS) is 26.6. The second-order valence-electron chi connectivity index (χ2n) is 26.7. The largest absolute Gasteiger partial charge is 0.390 e. The molecule has 12 atom stereocenters. The minimum atomic E-state index is -1.61. The highest BCUT2D eigenvalue weighted by Crippen LogP contribution is 2.26. The summed E-state index contributed by atoms with van der Waals surface area (Å²) in [7, 11) is 9.97. The van der Waals surface area contributed by atoms with Crippen molar-refractivity contribution in [3.63, 3.8) is 0 Å². The van der Waals surface area contributed by atoms with Crippen molar-refractivity contribution < 1.29 is 57.8 Å². The predicted molar refractivity (Wildman–Crippen MR) is 338 cm³/mol. The second kappa shape index (κ2) is 36.4. The summed E-state index contributed by atoms with van der Waals surface area (Å²) in [4.78, 5) is 170. The van der Waals surface area contributed by atoms with Crippen LogP contribution in [0.2, 0.25) is 0 Å². The van der Waals surface area contributed by atoms with Crippen LogP contribution >= 0.6 is 0 Å². The third-order valence-corrected chi connectivity index (χ3v) is 16.5. The molecule has 0 aliphatic carbocycles. The van der Waals surface area contributed by atoms with Gasteiger partial charge in [-0.05, 0) is 100 Å². The fourth-order valence-electron chi connectivity index (χ4n) is 11.1. The van der Waals surface area contributed by atoms with Gasteiger partial charge in [-0.25, -0.2) is 0 Å². The Morgan fingerprint density at radius 3 is 1.38 bits per heavy atom. The van der Waals surface area contributed by atoms with Gasteiger partial charge in [0, 0.05) is 49.3 Å². The Kier molecular flexibility index (Phi) is 33.0. The van der Waals surface area contributed by atoms with E-state index < -0.39 is 156 Å². The maximum Gasteiger partial charge on any atom is 0.246 e. The highest BCUT2D eigenvalue weighted by atomic mass is 16.3. The van der Waals surface area contributed by atoms with Gasteiger partial charge in [0.15, 0.2) is 0 Å². The number of hydrogen-bond donors (Lipinski definition) is 5. The number of aliphatic hydroxyl groups is 1. The van der Waals surface area contributed by atoms with Crippen molar-refractivity contribution in [2.45, 2.75) is 236 Å². The molecule has 1 aliphatic heterocycles. The monoisotopic (exact) mass is 1230 g/mol. The fraction of sp³-hybridized carbons (Fsp3) is 0.797. The van der Waals surface area contributed by atoms with E-state index in [4.69, 9.17) is 0 Å². The zero-order valence-electron chi connectivity index (χ0n) is 57.5. The Balaban J connectivity index is 4.39. The molecule has 1 aliphatic rings. The van der Waals surface area contributed by atoms with E-state index in [1.54, 1.807) is 54.5 Å². The van der Waals surface area contributed by atoms with Crippen LogP contribution in [-0.4, -0.2) is 227 Å². The van der Waals surface area contributed by atoms with Gasteiger partial charge in [0.2, 0.25) is 65.0 Å². The van der Waals surface area contributed by atoms with E-state index in [-0.39, 0.29) is 62.2 Å². The summed E-state index contributed by atoms with van der Waals surface area (Å²) < 4.78 is 0. The van der Waals surface area contributed by atoms with Crippen LogP contribution in [0.15, 0.2) is 12.2 Å². The van der Waals surface area contributed by atoms with Crippen molar-refractivity contribution in [1.29, 1.82) is 0 Å². The lowest BCUT2D eigenvalue weighted by Crippen LogP contribution is -2.63. The molecule has 87 heavy (non-hydrogen) atoms. The summed E-state index contributed by atoms with van der Waals surface area (Å²) >= 11 is 0. The molecule has 11 amide bonds. The number of hydrogen-bond acceptors (Lipinski definition) is 12. The number of likely N-dealkylation sites (N-methyl/N-ethyl adjacent to an activating group) is 7. The highest BCUT2D eigenvalue weighted by Gasteiger charge is 2.46. The molecule has 0 spiro atoms. The highest BCUT2D eigenvalue weighted by molar-refractivity contribution is 5.99. The Hall–Kier alpha value is -6.13. The molecule has 1 heterocycles. The molecule has 0 aromatic carbocycles. The number of carbonyl (C=O) groups excluding carboxylic acids is 11. The molecule has 23 nitrogen and oxygen atoms in total. The molecule has 1 saturated heterocycles. The third-order valence-electron chi connectivity index (χ3n) is 16.5. The van der Waals surface area contributed by atoms with E-state index in [9.17, 15) is 43.5 Å². The lowest BCUT2D eigenvalue weighted by Gasteiger charge is -2.41. The van der Waals surface area contributed by atoms with Crippen molar-refractivity contribution in [3.8, 4) is 0 Å². The first-order valence-electron chi connectivity index (χ1n) is 31.6. The van der Waals surface area contributed by atoms with Gasteiger partial charge in [0.05, 0.1) is 12.6 Å². The van der Waals surface area contributed by atoms with Gasteiger partial charge in [-0.3, -0.25) is 52.7 Å². The van der Waals surface area contributed by atoms with Gasteiger partial charge in [-0.1, -0.05) is 122 Å². The van der Waals surface area contributed by atoms with E-state index in [1.807, 2.05) is 68.4 Å². The molecule has 5 N–H and O–H groups in total. The minimum absolute atomic E-state index is 0.0248. The summed E-state index contributed by atoms with van der Waals surface area (Å²) in [5.41, 5.74) is 0. The molecule has 0 aromatic rings.